The summed E-state index contributed by atoms with van der Waals surface area (Å²) in [6, 6.07) is 15.4. The number of hydrogen-bond acceptors (Lipinski definition) is 3. The summed E-state index contributed by atoms with van der Waals surface area (Å²) in [5.41, 5.74) is 3.36. The monoisotopic (exact) mass is 396 g/mol. The van der Waals surface area contributed by atoms with Crippen LogP contribution in [0.5, 0.6) is 5.75 Å². The maximum absolute atomic E-state index is 13.0. The van der Waals surface area contributed by atoms with Gasteiger partial charge < -0.3 is 15.0 Å². The molecule has 0 radical (unpaired) electrons. The molecule has 0 saturated carbocycles. The minimum Gasteiger partial charge on any atom is -0.494 e. The summed E-state index contributed by atoms with van der Waals surface area (Å²) in [6.45, 7) is 6.87. The van der Waals surface area contributed by atoms with E-state index in [-0.39, 0.29) is 11.8 Å². The number of carbonyl (C=O) groups excluding carboxylic acids is 2. The highest BCUT2D eigenvalue weighted by atomic mass is 16.5. The van der Waals surface area contributed by atoms with Crippen LogP contribution in [-0.2, 0) is 16.1 Å². The molecular weight excluding hydrogens is 364 g/mol. The van der Waals surface area contributed by atoms with Gasteiger partial charge in [-0.05, 0) is 44.4 Å². The highest BCUT2D eigenvalue weighted by Gasteiger charge is 2.27. The second kappa shape index (κ2) is 11.2. The van der Waals surface area contributed by atoms with Crippen molar-refractivity contribution in [2.75, 3.05) is 13.7 Å². The van der Waals surface area contributed by atoms with E-state index in [1.165, 1.54) is 11.1 Å². The van der Waals surface area contributed by atoms with Crippen LogP contribution >= 0.6 is 0 Å². The molecule has 0 aliphatic rings. The van der Waals surface area contributed by atoms with Crippen LogP contribution in [0.4, 0.5) is 0 Å². The first-order valence-electron chi connectivity index (χ1n) is 10.2. The van der Waals surface area contributed by atoms with Gasteiger partial charge in [0.1, 0.15) is 11.8 Å². The lowest BCUT2D eigenvalue weighted by Crippen LogP contribution is -2.48. The second-order valence-corrected chi connectivity index (χ2v) is 7.31. The molecule has 1 atom stereocenters. The van der Waals surface area contributed by atoms with Gasteiger partial charge in [0.15, 0.2) is 0 Å². The van der Waals surface area contributed by atoms with E-state index >= 15 is 0 Å². The number of nitrogens with zero attached hydrogens (tertiary/aromatic N) is 1. The van der Waals surface area contributed by atoms with Crippen LogP contribution in [-0.4, -0.2) is 36.4 Å². The highest BCUT2D eigenvalue weighted by molar-refractivity contribution is 5.87. The van der Waals surface area contributed by atoms with Crippen LogP contribution in [0.15, 0.2) is 48.5 Å². The number of ether oxygens (including phenoxy) is 1. The van der Waals surface area contributed by atoms with E-state index < -0.39 is 6.04 Å². The Morgan fingerprint density at radius 2 is 1.59 bits per heavy atom. The zero-order valence-corrected chi connectivity index (χ0v) is 17.9. The van der Waals surface area contributed by atoms with Crippen molar-refractivity contribution in [1.82, 2.24) is 10.2 Å². The van der Waals surface area contributed by atoms with Crippen LogP contribution in [0.3, 0.4) is 0 Å². The number of likely N-dealkylation sites (N-methyl/N-ethyl adjacent to an activating group) is 1. The van der Waals surface area contributed by atoms with Crippen molar-refractivity contribution in [2.24, 2.45) is 0 Å². The van der Waals surface area contributed by atoms with Gasteiger partial charge in [-0.25, -0.2) is 0 Å². The minimum absolute atomic E-state index is 0.0338. The molecule has 0 saturated heterocycles. The van der Waals surface area contributed by atoms with Crippen LogP contribution in [0.1, 0.15) is 42.9 Å². The Labute approximate surface area is 174 Å². The average molecular weight is 397 g/mol. The topological polar surface area (TPSA) is 58.6 Å². The van der Waals surface area contributed by atoms with Crippen LogP contribution in [0, 0.1) is 13.8 Å². The molecule has 0 bridgehead atoms. The van der Waals surface area contributed by atoms with Gasteiger partial charge in [0.25, 0.3) is 0 Å². The Balaban J connectivity index is 1.99. The summed E-state index contributed by atoms with van der Waals surface area (Å²) >= 11 is 0. The third kappa shape index (κ3) is 6.93. The number of benzene rings is 2. The molecule has 0 aliphatic heterocycles. The molecule has 0 aromatic heterocycles. The lowest BCUT2D eigenvalue weighted by molar-refractivity contribution is -0.141. The van der Waals surface area contributed by atoms with E-state index in [0.29, 0.717) is 32.4 Å². The smallest absolute Gasteiger partial charge is 0.242 e. The van der Waals surface area contributed by atoms with Crippen molar-refractivity contribution in [2.45, 2.75) is 52.6 Å². The Bertz CT molecular complexity index is 785. The molecule has 0 fully saturated rings. The lowest BCUT2D eigenvalue weighted by atomic mass is 10.1. The molecule has 0 spiro atoms. The predicted molar refractivity (Wildman–Crippen MR) is 116 cm³/mol. The molecule has 2 aromatic rings. The van der Waals surface area contributed by atoms with Crippen molar-refractivity contribution in [3.05, 3.63) is 65.2 Å². The number of carbonyl (C=O) groups is 2. The maximum atomic E-state index is 13.0. The molecule has 0 unspecified atom stereocenters. The van der Waals surface area contributed by atoms with Crippen LogP contribution < -0.4 is 10.1 Å². The van der Waals surface area contributed by atoms with Gasteiger partial charge in [0.05, 0.1) is 6.61 Å². The molecule has 2 rings (SSSR count). The van der Waals surface area contributed by atoms with Crippen molar-refractivity contribution < 1.29 is 14.3 Å². The molecule has 2 aromatic carbocycles. The molecule has 5 heteroatoms. The van der Waals surface area contributed by atoms with E-state index in [1.54, 1.807) is 11.9 Å². The van der Waals surface area contributed by atoms with E-state index in [4.69, 9.17) is 4.74 Å². The summed E-state index contributed by atoms with van der Waals surface area (Å²) in [6.07, 6.45) is 1.50. The molecule has 1 N–H and O–H groups in total. The summed E-state index contributed by atoms with van der Waals surface area (Å²) in [7, 11) is 1.61. The third-order valence-corrected chi connectivity index (χ3v) is 4.93. The average Bonchev–Trinajstić information content (AvgIpc) is 2.73. The van der Waals surface area contributed by atoms with E-state index in [9.17, 15) is 9.59 Å². The number of hydrogen-bond donors (Lipinski definition) is 1. The van der Waals surface area contributed by atoms with E-state index in [2.05, 4.69) is 5.32 Å². The standard InChI is InChI=1S/C24H32N2O3/c1-5-22(24(28)25-4)26(17-20-12-8-18(2)9-13-20)23(27)7-6-16-29-21-14-10-19(3)11-15-21/h8-15,22H,5-7,16-17H2,1-4H3,(H,25,28)/t22-/m1/s1. The fourth-order valence-corrected chi connectivity index (χ4v) is 3.17. The second-order valence-electron chi connectivity index (χ2n) is 7.31. The molecule has 2 amide bonds. The van der Waals surface area contributed by atoms with Gasteiger partial charge in [0, 0.05) is 20.0 Å². The Morgan fingerprint density at radius 1 is 1.00 bits per heavy atom. The zero-order valence-electron chi connectivity index (χ0n) is 17.9. The van der Waals surface area contributed by atoms with Crippen molar-refractivity contribution in [3.8, 4) is 5.75 Å². The van der Waals surface area contributed by atoms with E-state index in [1.807, 2.05) is 69.3 Å². The van der Waals surface area contributed by atoms with Crippen molar-refractivity contribution in [1.29, 1.82) is 0 Å². The highest BCUT2D eigenvalue weighted by Crippen LogP contribution is 2.16. The van der Waals surface area contributed by atoms with Crippen LogP contribution in [0.25, 0.3) is 0 Å². The molecule has 5 nitrogen and oxygen atoms in total. The lowest BCUT2D eigenvalue weighted by Gasteiger charge is -2.30. The number of rotatable bonds is 10. The number of nitrogens with one attached hydrogen (secondary N) is 1. The van der Waals surface area contributed by atoms with Gasteiger partial charge in [-0.3, -0.25) is 9.59 Å². The van der Waals surface area contributed by atoms with Crippen molar-refractivity contribution >= 4 is 11.8 Å². The first-order chi connectivity index (χ1) is 13.9. The third-order valence-electron chi connectivity index (χ3n) is 4.93. The summed E-state index contributed by atoms with van der Waals surface area (Å²) < 4.78 is 5.73. The quantitative estimate of drug-likeness (QED) is 0.617. The maximum Gasteiger partial charge on any atom is 0.242 e. The fraction of sp³-hybridized carbons (Fsp3) is 0.417. The van der Waals surface area contributed by atoms with Gasteiger partial charge in [-0.1, -0.05) is 54.4 Å². The van der Waals surface area contributed by atoms with Crippen LogP contribution in [0.2, 0.25) is 0 Å². The Kier molecular flexibility index (Phi) is 8.71. The fourth-order valence-electron chi connectivity index (χ4n) is 3.17. The first kappa shape index (κ1) is 22.5. The SMILES string of the molecule is CC[C@H](C(=O)NC)N(Cc1ccc(C)cc1)C(=O)CCCOc1ccc(C)cc1. The van der Waals surface area contributed by atoms with Gasteiger partial charge >= 0.3 is 0 Å². The largest absolute Gasteiger partial charge is 0.494 e. The predicted octanol–water partition coefficient (Wildman–Crippen LogP) is 4.02. The van der Waals surface area contributed by atoms with Gasteiger partial charge in [0.2, 0.25) is 11.8 Å². The normalized spacial score (nSPS) is 11.6. The Morgan fingerprint density at radius 3 is 2.14 bits per heavy atom. The molecule has 29 heavy (non-hydrogen) atoms. The van der Waals surface area contributed by atoms with Crippen molar-refractivity contribution in [3.63, 3.8) is 0 Å². The summed E-state index contributed by atoms with van der Waals surface area (Å²) in [4.78, 5) is 27.0. The van der Waals surface area contributed by atoms with Gasteiger partial charge in [-0.15, -0.1) is 0 Å². The summed E-state index contributed by atoms with van der Waals surface area (Å²) in [5.74, 6) is 0.633. The Hall–Kier alpha value is -2.82. The van der Waals surface area contributed by atoms with Gasteiger partial charge in [-0.2, -0.15) is 0 Å². The minimum atomic E-state index is -0.480. The molecule has 0 heterocycles. The molecule has 0 aliphatic carbocycles. The molecular formula is C24H32N2O3. The summed E-state index contributed by atoms with van der Waals surface area (Å²) in [5, 5.41) is 2.68. The number of aryl methyl sites for hydroxylation is 2. The zero-order chi connectivity index (χ0) is 21.2. The first-order valence-corrected chi connectivity index (χ1v) is 10.2. The number of amides is 2. The molecule has 156 valence electrons. The van der Waals surface area contributed by atoms with E-state index in [0.717, 1.165) is 11.3 Å².